The summed E-state index contributed by atoms with van der Waals surface area (Å²) in [6, 6.07) is 0. The van der Waals surface area contributed by atoms with Crippen LogP contribution >= 0.6 is 0 Å². The van der Waals surface area contributed by atoms with Crippen LogP contribution in [0.1, 0.15) is 32.6 Å². The van der Waals surface area contributed by atoms with E-state index in [4.69, 9.17) is 4.42 Å². The summed E-state index contributed by atoms with van der Waals surface area (Å²) in [5.74, 6) is 1.89. The summed E-state index contributed by atoms with van der Waals surface area (Å²) in [7, 11) is 1.70. The number of hydrogen-bond acceptors (Lipinski definition) is 1. The van der Waals surface area contributed by atoms with Crippen LogP contribution in [0.25, 0.3) is 0 Å². The van der Waals surface area contributed by atoms with E-state index in [9.17, 15) is 4.79 Å². The second-order valence-corrected chi connectivity index (χ2v) is 4.65. The van der Waals surface area contributed by atoms with E-state index in [-0.39, 0.29) is 5.41 Å². The van der Waals surface area contributed by atoms with Gasteiger partial charge in [0.1, 0.15) is 5.78 Å². The van der Waals surface area contributed by atoms with E-state index in [1.54, 1.807) is 7.11 Å². The summed E-state index contributed by atoms with van der Waals surface area (Å²) < 4.78 is 5.24. The molecule has 0 aromatic rings. The molecule has 0 unspecified atom stereocenters. The van der Waals surface area contributed by atoms with Gasteiger partial charge in [0.2, 0.25) is 0 Å². The third kappa shape index (κ3) is 1.54. The molecule has 0 N–H and O–H groups in total. The van der Waals surface area contributed by atoms with Gasteiger partial charge in [0.05, 0.1) is 6.42 Å². The molecule has 0 aliphatic heterocycles. The van der Waals surface area contributed by atoms with Gasteiger partial charge < -0.3 is 0 Å². The Balaban J connectivity index is 2.26. The predicted molar refractivity (Wildman–Crippen MR) is 55.1 cm³/mol. The zero-order valence-electron chi connectivity index (χ0n) is 8.88. The Morgan fingerprint density at radius 1 is 1.50 bits per heavy atom. The highest BCUT2D eigenvalue weighted by atomic mass is 16.4. The molecular formula is C12H17O2+. The molecule has 1 fully saturated rings. The molecule has 14 heavy (non-hydrogen) atoms. The van der Waals surface area contributed by atoms with E-state index >= 15 is 0 Å². The summed E-state index contributed by atoms with van der Waals surface area (Å²) in [4.78, 5) is 11.4. The molecule has 2 heteroatoms. The first-order chi connectivity index (χ1) is 6.64. The van der Waals surface area contributed by atoms with Crippen LogP contribution in [0.15, 0.2) is 12.2 Å². The van der Waals surface area contributed by atoms with Gasteiger partial charge in [-0.15, -0.1) is 0 Å². The molecule has 2 rings (SSSR count). The van der Waals surface area contributed by atoms with Crippen molar-refractivity contribution in [1.82, 2.24) is 0 Å². The van der Waals surface area contributed by atoms with Crippen molar-refractivity contribution >= 4 is 11.6 Å². The number of carbonyl (C=O) groups is 1. The molecular weight excluding hydrogens is 176 g/mol. The fourth-order valence-corrected chi connectivity index (χ4v) is 2.49. The van der Waals surface area contributed by atoms with Crippen molar-refractivity contribution in [2.45, 2.75) is 32.6 Å². The van der Waals surface area contributed by atoms with Gasteiger partial charge in [0, 0.05) is 18.9 Å². The number of ketones is 2. The summed E-state index contributed by atoms with van der Waals surface area (Å²) in [5.41, 5.74) is 0.232. The number of carbonyl (C=O) groups excluding carboxylic acids is 2. The van der Waals surface area contributed by atoms with Gasteiger partial charge in [-0.3, -0.25) is 9.22 Å². The highest BCUT2D eigenvalue weighted by Gasteiger charge is 2.42. The quantitative estimate of drug-likeness (QED) is 0.541. The molecule has 0 spiro atoms. The first-order valence-corrected chi connectivity index (χ1v) is 5.25. The Bertz CT molecular complexity index is 314. The first kappa shape index (κ1) is 9.63. The second-order valence-electron chi connectivity index (χ2n) is 4.65. The first-order valence-electron chi connectivity index (χ1n) is 5.25. The average molecular weight is 193 g/mol. The molecule has 2 nitrogen and oxygen atoms in total. The van der Waals surface area contributed by atoms with Crippen molar-refractivity contribution in [3.8, 4) is 0 Å². The van der Waals surface area contributed by atoms with Crippen LogP contribution in [0.5, 0.6) is 0 Å². The molecule has 0 saturated heterocycles. The summed E-state index contributed by atoms with van der Waals surface area (Å²) in [6.45, 7) is 2.26. The van der Waals surface area contributed by atoms with Crippen LogP contribution in [0.4, 0.5) is 0 Å². The predicted octanol–water partition coefficient (Wildman–Crippen LogP) is 2.06. The van der Waals surface area contributed by atoms with Crippen LogP contribution < -0.4 is 0 Å². The average Bonchev–Trinajstić information content (AvgIpc) is 2.18. The normalized spacial score (nSPS) is 40.0. The Kier molecular flexibility index (Phi) is 2.30. The van der Waals surface area contributed by atoms with Crippen LogP contribution in [0, 0.1) is 11.3 Å². The Morgan fingerprint density at radius 2 is 2.29 bits per heavy atom. The van der Waals surface area contributed by atoms with Gasteiger partial charge in [-0.05, 0) is 17.8 Å². The molecule has 0 heterocycles. The molecule has 0 aromatic carbocycles. The monoisotopic (exact) mass is 193 g/mol. The van der Waals surface area contributed by atoms with Crippen LogP contribution in [0.3, 0.4) is 0 Å². The number of hydrogen-bond donors (Lipinski definition) is 0. The van der Waals surface area contributed by atoms with Crippen LogP contribution in [0.2, 0.25) is 0 Å². The van der Waals surface area contributed by atoms with E-state index in [0.29, 0.717) is 11.7 Å². The molecule has 1 saturated carbocycles. The standard InChI is InChI=1S/C12H17O2/c1-12-5-3-10(13)7-9(12)8-11(14-2)4-6-12/h4,6,9H,3,5,7-8H2,1-2H3/q+1/t9-,12+/m0/s1. The minimum atomic E-state index is 0.232. The van der Waals surface area contributed by atoms with Crippen molar-refractivity contribution in [2.24, 2.45) is 11.3 Å². The van der Waals surface area contributed by atoms with E-state index < -0.39 is 0 Å². The third-order valence-electron chi connectivity index (χ3n) is 3.71. The zero-order valence-corrected chi connectivity index (χ0v) is 8.88. The highest BCUT2D eigenvalue weighted by Crippen LogP contribution is 2.44. The lowest BCUT2D eigenvalue weighted by Crippen LogP contribution is -2.37. The van der Waals surface area contributed by atoms with Crippen molar-refractivity contribution in [2.75, 3.05) is 7.11 Å². The third-order valence-corrected chi connectivity index (χ3v) is 3.71. The zero-order chi connectivity index (χ0) is 10.2. The lowest BCUT2D eigenvalue weighted by molar-refractivity contribution is -0.420. The number of rotatable bonds is 0. The van der Waals surface area contributed by atoms with Crippen molar-refractivity contribution < 1.29 is 9.22 Å². The molecule has 76 valence electrons. The second kappa shape index (κ2) is 3.34. The minimum absolute atomic E-state index is 0.232. The van der Waals surface area contributed by atoms with Crippen LogP contribution in [-0.4, -0.2) is 18.7 Å². The molecule has 0 amide bonds. The molecule has 2 aliphatic carbocycles. The molecule has 0 radical (unpaired) electrons. The van der Waals surface area contributed by atoms with Gasteiger partial charge in [-0.25, -0.2) is 0 Å². The molecule has 0 aromatic heterocycles. The van der Waals surface area contributed by atoms with Crippen molar-refractivity contribution in [3.05, 3.63) is 12.2 Å². The van der Waals surface area contributed by atoms with Crippen LogP contribution in [-0.2, 0) is 9.22 Å². The summed E-state index contributed by atoms with van der Waals surface area (Å²) in [6.07, 6.45) is 7.71. The maximum atomic E-state index is 11.4. The number of allylic oxidation sites excluding steroid dienone is 2. The molecule has 2 aliphatic rings. The fraction of sp³-hybridized carbons (Fsp3) is 0.667. The Hall–Kier alpha value is -0.920. The van der Waals surface area contributed by atoms with Crippen molar-refractivity contribution in [3.63, 3.8) is 0 Å². The fourth-order valence-electron chi connectivity index (χ4n) is 2.49. The van der Waals surface area contributed by atoms with Gasteiger partial charge >= 0.3 is 5.78 Å². The summed E-state index contributed by atoms with van der Waals surface area (Å²) in [5, 5.41) is 0. The van der Waals surface area contributed by atoms with Crippen molar-refractivity contribution in [1.29, 1.82) is 0 Å². The molecule has 2 atom stereocenters. The van der Waals surface area contributed by atoms with E-state index in [2.05, 4.69) is 19.1 Å². The summed E-state index contributed by atoms with van der Waals surface area (Å²) >= 11 is 0. The number of fused-ring (bicyclic) bond motifs is 1. The van der Waals surface area contributed by atoms with E-state index in [0.717, 1.165) is 31.5 Å². The van der Waals surface area contributed by atoms with E-state index in [1.165, 1.54) is 0 Å². The van der Waals surface area contributed by atoms with Gasteiger partial charge in [-0.2, -0.15) is 0 Å². The van der Waals surface area contributed by atoms with E-state index in [1.807, 2.05) is 0 Å². The maximum Gasteiger partial charge on any atom is 0.319 e. The maximum absolute atomic E-state index is 11.4. The largest absolute Gasteiger partial charge is 0.319 e. The smallest absolute Gasteiger partial charge is 0.300 e. The lowest BCUT2D eigenvalue weighted by atomic mass is 9.63. The SMILES string of the molecule is C[O+]=C1C=C[C@@]2(C)CCC(=O)C[C@H]2C1. The molecule has 0 bridgehead atoms. The van der Waals surface area contributed by atoms with Gasteiger partial charge in [0.15, 0.2) is 0 Å². The number of Topliss-reactive ketones (excluding diaryl/α,β-unsaturated/α-hetero) is 1. The Morgan fingerprint density at radius 3 is 3.00 bits per heavy atom. The van der Waals surface area contributed by atoms with Gasteiger partial charge in [-0.1, -0.05) is 13.0 Å². The topological polar surface area (TPSA) is 28.4 Å². The Labute approximate surface area is 84.7 Å². The van der Waals surface area contributed by atoms with Gasteiger partial charge in [0.25, 0.3) is 7.11 Å². The minimum Gasteiger partial charge on any atom is -0.300 e. The highest BCUT2D eigenvalue weighted by molar-refractivity contribution is 5.92. The lowest BCUT2D eigenvalue weighted by Gasteiger charge is -2.39.